The van der Waals surface area contributed by atoms with Crippen LogP contribution in [0.15, 0.2) is 12.1 Å². The summed E-state index contributed by atoms with van der Waals surface area (Å²) in [6.07, 6.45) is 1.62. The zero-order valence-corrected chi connectivity index (χ0v) is 12.2. The molecule has 21 heavy (non-hydrogen) atoms. The lowest BCUT2D eigenvalue weighted by atomic mass is 9.96. The summed E-state index contributed by atoms with van der Waals surface area (Å²) in [5.74, 6) is 0.183. The quantitative estimate of drug-likeness (QED) is 0.830. The van der Waals surface area contributed by atoms with E-state index < -0.39 is 0 Å². The normalized spacial score (nSPS) is 16.4. The van der Waals surface area contributed by atoms with Gasteiger partial charge in [0.05, 0.1) is 24.4 Å². The van der Waals surface area contributed by atoms with Crippen LogP contribution in [0.2, 0.25) is 0 Å². The van der Waals surface area contributed by atoms with Gasteiger partial charge in [0.2, 0.25) is 5.95 Å². The molecular formula is C14H19N5O2. The summed E-state index contributed by atoms with van der Waals surface area (Å²) < 4.78 is 6.58. The Hall–Kier alpha value is -2.31. The highest BCUT2D eigenvalue weighted by atomic mass is 16.5. The third-order valence-electron chi connectivity index (χ3n) is 4.10. The van der Waals surface area contributed by atoms with Gasteiger partial charge in [-0.05, 0) is 31.9 Å². The maximum atomic E-state index is 11.6. The standard InChI is InChI=1S/C14H19N5O2/c1-9-11(3-4-12-16-14(15)17-19(9)12)18-7-5-10(6-8-18)13(20)21-2/h3-4,10H,5-8H2,1-2H3,(H2,15,17). The molecule has 1 saturated heterocycles. The molecule has 3 rings (SSSR count). The predicted octanol–water partition coefficient (Wildman–Crippen LogP) is 1.01. The summed E-state index contributed by atoms with van der Waals surface area (Å²) in [5, 5.41) is 4.21. The first-order valence-corrected chi connectivity index (χ1v) is 7.05. The van der Waals surface area contributed by atoms with E-state index >= 15 is 0 Å². The number of rotatable bonds is 2. The maximum Gasteiger partial charge on any atom is 0.308 e. The minimum atomic E-state index is -0.106. The molecule has 2 aromatic heterocycles. The molecule has 0 aliphatic carbocycles. The van der Waals surface area contributed by atoms with Crippen LogP contribution in [0.5, 0.6) is 0 Å². The Balaban J connectivity index is 1.82. The smallest absolute Gasteiger partial charge is 0.308 e. The number of aryl methyl sites for hydroxylation is 1. The number of aromatic nitrogens is 3. The average molecular weight is 289 g/mol. The largest absolute Gasteiger partial charge is 0.469 e. The molecule has 0 atom stereocenters. The van der Waals surface area contributed by atoms with Crippen LogP contribution in [-0.4, -0.2) is 40.8 Å². The van der Waals surface area contributed by atoms with Crippen LogP contribution in [0.4, 0.5) is 11.6 Å². The highest BCUT2D eigenvalue weighted by Gasteiger charge is 2.26. The molecule has 0 radical (unpaired) electrons. The number of piperidine rings is 1. The Kier molecular flexibility index (Phi) is 3.40. The van der Waals surface area contributed by atoms with Crippen LogP contribution >= 0.6 is 0 Å². The van der Waals surface area contributed by atoms with Crippen molar-refractivity contribution in [3.63, 3.8) is 0 Å². The molecule has 0 bridgehead atoms. The summed E-state index contributed by atoms with van der Waals surface area (Å²) in [6, 6.07) is 3.95. The number of ether oxygens (including phenoxy) is 1. The van der Waals surface area contributed by atoms with E-state index in [0.29, 0.717) is 0 Å². The second-order valence-corrected chi connectivity index (χ2v) is 5.33. The molecule has 112 valence electrons. The molecule has 7 heteroatoms. The van der Waals surface area contributed by atoms with Gasteiger partial charge in [-0.2, -0.15) is 4.98 Å². The van der Waals surface area contributed by atoms with E-state index in [4.69, 9.17) is 10.5 Å². The number of hydrogen-bond acceptors (Lipinski definition) is 6. The molecule has 2 N–H and O–H groups in total. The van der Waals surface area contributed by atoms with Crippen LogP contribution in [0.1, 0.15) is 18.5 Å². The third kappa shape index (κ3) is 2.39. The Morgan fingerprint density at radius 3 is 2.76 bits per heavy atom. The first kappa shape index (κ1) is 13.7. The van der Waals surface area contributed by atoms with Crippen LogP contribution in [0.3, 0.4) is 0 Å². The number of esters is 1. The Bertz CT molecular complexity index is 673. The number of nitrogens with zero attached hydrogens (tertiary/aromatic N) is 4. The molecular weight excluding hydrogens is 270 g/mol. The molecule has 0 unspecified atom stereocenters. The minimum Gasteiger partial charge on any atom is -0.469 e. The lowest BCUT2D eigenvalue weighted by Crippen LogP contribution is -2.37. The van der Waals surface area contributed by atoms with Crippen molar-refractivity contribution < 1.29 is 9.53 Å². The Morgan fingerprint density at radius 2 is 2.10 bits per heavy atom. The lowest BCUT2D eigenvalue weighted by molar-refractivity contribution is -0.146. The van der Waals surface area contributed by atoms with Crippen molar-refractivity contribution >= 4 is 23.3 Å². The summed E-state index contributed by atoms with van der Waals surface area (Å²) in [5.41, 5.74) is 8.51. The van der Waals surface area contributed by atoms with Crippen molar-refractivity contribution in [3.8, 4) is 0 Å². The molecule has 7 nitrogen and oxygen atoms in total. The molecule has 1 aliphatic rings. The van der Waals surface area contributed by atoms with Gasteiger partial charge in [-0.1, -0.05) is 0 Å². The number of pyridine rings is 1. The van der Waals surface area contributed by atoms with Crippen molar-refractivity contribution in [3.05, 3.63) is 17.8 Å². The van der Waals surface area contributed by atoms with Gasteiger partial charge in [-0.15, -0.1) is 5.10 Å². The monoisotopic (exact) mass is 289 g/mol. The molecule has 0 spiro atoms. The van der Waals surface area contributed by atoms with Crippen LogP contribution in [-0.2, 0) is 9.53 Å². The zero-order valence-electron chi connectivity index (χ0n) is 12.2. The molecule has 3 heterocycles. The zero-order chi connectivity index (χ0) is 15.0. The van der Waals surface area contributed by atoms with E-state index in [1.54, 1.807) is 4.52 Å². The second-order valence-electron chi connectivity index (χ2n) is 5.33. The number of nitrogen functional groups attached to an aromatic ring is 1. The number of hydrogen-bond donors (Lipinski definition) is 1. The van der Waals surface area contributed by atoms with Gasteiger partial charge in [-0.3, -0.25) is 4.79 Å². The number of fused-ring (bicyclic) bond motifs is 1. The van der Waals surface area contributed by atoms with Gasteiger partial charge in [0.25, 0.3) is 0 Å². The van der Waals surface area contributed by atoms with E-state index in [1.807, 2.05) is 19.1 Å². The lowest BCUT2D eigenvalue weighted by Gasteiger charge is -2.33. The highest BCUT2D eigenvalue weighted by Crippen LogP contribution is 2.27. The van der Waals surface area contributed by atoms with E-state index in [1.165, 1.54) is 7.11 Å². The van der Waals surface area contributed by atoms with Crippen LogP contribution in [0, 0.1) is 12.8 Å². The van der Waals surface area contributed by atoms with E-state index in [9.17, 15) is 4.79 Å². The molecule has 0 amide bonds. The van der Waals surface area contributed by atoms with Gasteiger partial charge in [0, 0.05) is 13.1 Å². The van der Waals surface area contributed by atoms with E-state index in [2.05, 4.69) is 15.0 Å². The highest BCUT2D eigenvalue weighted by molar-refractivity contribution is 5.72. The first-order chi connectivity index (χ1) is 10.1. The van der Waals surface area contributed by atoms with Gasteiger partial charge < -0.3 is 15.4 Å². The number of anilines is 2. The molecule has 1 aliphatic heterocycles. The summed E-state index contributed by atoms with van der Waals surface area (Å²) >= 11 is 0. The number of nitrogens with two attached hydrogens (primary N) is 1. The van der Waals surface area contributed by atoms with Gasteiger partial charge >= 0.3 is 5.97 Å². The number of methoxy groups -OCH3 is 1. The molecule has 2 aromatic rings. The van der Waals surface area contributed by atoms with Crippen LogP contribution < -0.4 is 10.6 Å². The molecule has 0 saturated carbocycles. The Morgan fingerprint density at radius 1 is 1.38 bits per heavy atom. The fraction of sp³-hybridized carbons (Fsp3) is 0.500. The Labute approximate surface area is 122 Å². The van der Waals surface area contributed by atoms with Gasteiger partial charge in [0.15, 0.2) is 5.65 Å². The molecule has 0 aromatic carbocycles. The SMILES string of the molecule is COC(=O)C1CCN(c2ccc3nc(N)nn3c2C)CC1. The number of carbonyl (C=O) groups is 1. The summed E-state index contributed by atoms with van der Waals surface area (Å²) in [6.45, 7) is 3.66. The van der Waals surface area contributed by atoms with Gasteiger partial charge in [-0.25, -0.2) is 4.52 Å². The van der Waals surface area contributed by atoms with Crippen molar-refractivity contribution in [1.82, 2.24) is 14.6 Å². The minimum absolute atomic E-state index is 0.0114. The fourth-order valence-electron chi connectivity index (χ4n) is 2.94. The van der Waals surface area contributed by atoms with E-state index in [0.717, 1.165) is 43.0 Å². The molecule has 1 fully saturated rings. The predicted molar refractivity (Wildman–Crippen MR) is 79.1 cm³/mol. The average Bonchev–Trinajstić information content (AvgIpc) is 2.89. The summed E-state index contributed by atoms with van der Waals surface area (Å²) in [4.78, 5) is 18.0. The third-order valence-corrected chi connectivity index (χ3v) is 4.10. The van der Waals surface area contributed by atoms with E-state index in [-0.39, 0.29) is 17.8 Å². The van der Waals surface area contributed by atoms with Gasteiger partial charge in [0.1, 0.15) is 0 Å². The first-order valence-electron chi connectivity index (χ1n) is 7.05. The topological polar surface area (TPSA) is 85.8 Å². The second kappa shape index (κ2) is 5.23. The van der Waals surface area contributed by atoms with Crippen molar-refractivity contribution in [1.29, 1.82) is 0 Å². The maximum absolute atomic E-state index is 11.6. The van der Waals surface area contributed by atoms with Crippen LogP contribution in [0.25, 0.3) is 5.65 Å². The fourth-order valence-corrected chi connectivity index (χ4v) is 2.94. The van der Waals surface area contributed by atoms with Crippen molar-refractivity contribution in [2.24, 2.45) is 5.92 Å². The number of carbonyl (C=O) groups excluding carboxylic acids is 1. The van der Waals surface area contributed by atoms with Crippen molar-refractivity contribution in [2.45, 2.75) is 19.8 Å². The summed E-state index contributed by atoms with van der Waals surface area (Å²) in [7, 11) is 1.45. The van der Waals surface area contributed by atoms with Crippen molar-refractivity contribution in [2.75, 3.05) is 30.8 Å².